The van der Waals surface area contributed by atoms with Crippen molar-refractivity contribution in [1.82, 2.24) is 9.78 Å². The second-order valence-corrected chi connectivity index (χ2v) is 5.40. The van der Waals surface area contributed by atoms with Crippen molar-refractivity contribution in [2.24, 2.45) is 0 Å². The molecule has 3 nitrogen and oxygen atoms in total. The maximum Gasteiger partial charge on any atom is 0.0997 e. The number of hydrogen-bond acceptors (Lipinski definition) is 2. The number of halogens is 1. The van der Waals surface area contributed by atoms with Crippen LogP contribution in [0.1, 0.15) is 36.9 Å². The topological polar surface area (TPSA) is 38.0 Å². The molecule has 4 heteroatoms. The third-order valence-electron chi connectivity index (χ3n) is 3.24. The van der Waals surface area contributed by atoms with E-state index in [4.69, 9.17) is 0 Å². The van der Waals surface area contributed by atoms with Crippen LogP contribution in [0.2, 0.25) is 0 Å². The van der Waals surface area contributed by atoms with Gasteiger partial charge in [-0.1, -0.05) is 41.1 Å². The standard InChI is InChI=1S/C15H19BrN2O/c1-3-12-10-14(18(4-2)17-12)15(19)9-11-7-5-6-8-13(11)16/h5-8,10,15,19H,3-4,9H2,1-2H3. The Bertz CT molecular complexity index is 551. The maximum atomic E-state index is 10.4. The van der Waals surface area contributed by atoms with E-state index in [0.29, 0.717) is 6.42 Å². The van der Waals surface area contributed by atoms with Crippen molar-refractivity contribution >= 4 is 15.9 Å². The lowest BCUT2D eigenvalue weighted by molar-refractivity contribution is 0.167. The van der Waals surface area contributed by atoms with Crippen LogP contribution in [0.4, 0.5) is 0 Å². The van der Waals surface area contributed by atoms with Gasteiger partial charge in [-0.2, -0.15) is 5.10 Å². The number of hydrogen-bond donors (Lipinski definition) is 1. The van der Waals surface area contributed by atoms with Crippen molar-refractivity contribution in [2.45, 2.75) is 39.3 Å². The van der Waals surface area contributed by atoms with Gasteiger partial charge in [0.2, 0.25) is 0 Å². The summed E-state index contributed by atoms with van der Waals surface area (Å²) < 4.78 is 2.92. The summed E-state index contributed by atoms with van der Waals surface area (Å²) in [6.45, 7) is 4.90. The van der Waals surface area contributed by atoms with Crippen molar-refractivity contribution in [3.63, 3.8) is 0 Å². The molecule has 102 valence electrons. The van der Waals surface area contributed by atoms with Gasteiger partial charge in [0, 0.05) is 17.4 Å². The smallest absolute Gasteiger partial charge is 0.0997 e. The lowest BCUT2D eigenvalue weighted by atomic mass is 10.1. The Kier molecular flexibility index (Phi) is 4.77. The van der Waals surface area contributed by atoms with Gasteiger partial charge in [0.05, 0.1) is 17.5 Å². The molecule has 0 amide bonds. The summed E-state index contributed by atoms with van der Waals surface area (Å²) in [5, 5.41) is 14.9. The number of benzene rings is 1. The minimum Gasteiger partial charge on any atom is -0.386 e. The fourth-order valence-corrected chi connectivity index (χ4v) is 2.60. The van der Waals surface area contributed by atoms with Gasteiger partial charge in [-0.05, 0) is 31.0 Å². The molecule has 0 bridgehead atoms. The molecule has 1 N–H and O–H groups in total. The number of aromatic nitrogens is 2. The van der Waals surface area contributed by atoms with Crippen LogP contribution < -0.4 is 0 Å². The zero-order valence-electron chi connectivity index (χ0n) is 11.3. The van der Waals surface area contributed by atoms with Crippen molar-refractivity contribution in [1.29, 1.82) is 0 Å². The second-order valence-electron chi connectivity index (χ2n) is 4.54. The van der Waals surface area contributed by atoms with Crippen molar-refractivity contribution in [2.75, 3.05) is 0 Å². The SMILES string of the molecule is CCc1cc(C(O)Cc2ccccc2Br)n(CC)n1. The quantitative estimate of drug-likeness (QED) is 0.914. The van der Waals surface area contributed by atoms with Crippen LogP contribution in [0, 0.1) is 0 Å². The maximum absolute atomic E-state index is 10.4. The van der Waals surface area contributed by atoms with Gasteiger partial charge in [-0.15, -0.1) is 0 Å². The predicted molar refractivity (Wildman–Crippen MR) is 80.1 cm³/mol. The van der Waals surface area contributed by atoms with E-state index >= 15 is 0 Å². The molecule has 19 heavy (non-hydrogen) atoms. The van der Waals surface area contributed by atoms with E-state index < -0.39 is 6.10 Å². The Hall–Kier alpha value is -1.13. The number of aliphatic hydroxyl groups excluding tert-OH is 1. The molecule has 0 aliphatic heterocycles. The first kappa shape index (κ1) is 14.3. The molecule has 0 saturated carbocycles. The highest BCUT2D eigenvalue weighted by Gasteiger charge is 2.16. The average Bonchev–Trinajstić information content (AvgIpc) is 2.84. The van der Waals surface area contributed by atoms with Crippen LogP contribution in [0.15, 0.2) is 34.8 Å². The van der Waals surface area contributed by atoms with Crippen LogP contribution in [0.3, 0.4) is 0 Å². The molecule has 0 saturated heterocycles. The minimum absolute atomic E-state index is 0.522. The molecular weight excluding hydrogens is 304 g/mol. The lowest BCUT2D eigenvalue weighted by Gasteiger charge is -2.13. The molecule has 1 atom stereocenters. The highest BCUT2D eigenvalue weighted by Crippen LogP contribution is 2.24. The van der Waals surface area contributed by atoms with E-state index in [1.54, 1.807) is 0 Å². The van der Waals surface area contributed by atoms with E-state index in [0.717, 1.165) is 34.4 Å². The molecular formula is C15H19BrN2O. The van der Waals surface area contributed by atoms with E-state index in [1.165, 1.54) is 0 Å². The summed E-state index contributed by atoms with van der Waals surface area (Å²) in [5.74, 6) is 0. The van der Waals surface area contributed by atoms with E-state index in [-0.39, 0.29) is 0 Å². The van der Waals surface area contributed by atoms with E-state index in [1.807, 2.05) is 41.9 Å². The van der Waals surface area contributed by atoms with Gasteiger partial charge < -0.3 is 5.11 Å². The molecule has 2 rings (SSSR count). The normalized spacial score (nSPS) is 12.6. The van der Waals surface area contributed by atoms with Gasteiger partial charge in [-0.3, -0.25) is 4.68 Å². The largest absolute Gasteiger partial charge is 0.386 e. The minimum atomic E-state index is -0.522. The zero-order valence-corrected chi connectivity index (χ0v) is 12.9. The highest BCUT2D eigenvalue weighted by atomic mass is 79.9. The molecule has 1 aromatic carbocycles. The van der Waals surface area contributed by atoms with Crippen molar-refractivity contribution in [3.8, 4) is 0 Å². The first-order chi connectivity index (χ1) is 9.15. The second kappa shape index (κ2) is 6.35. The van der Waals surface area contributed by atoms with Gasteiger partial charge in [-0.25, -0.2) is 0 Å². The molecule has 0 radical (unpaired) electrons. The van der Waals surface area contributed by atoms with Gasteiger partial charge in [0.1, 0.15) is 0 Å². The highest BCUT2D eigenvalue weighted by molar-refractivity contribution is 9.10. The van der Waals surface area contributed by atoms with Gasteiger partial charge in [0.25, 0.3) is 0 Å². The van der Waals surface area contributed by atoms with Gasteiger partial charge in [0.15, 0.2) is 0 Å². The fourth-order valence-electron chi connectivity index (χ4n) is 2.16. The van der Waals surface area contributed by atoms with Crippen LogP contribution in [0.25, 0.3) is 0 Å². The first-order valence-electron chi connectivity index (χ1n) is 6.63. The predicted octanol–water partition coefficient (Wildman–Crippen LogP) is 3.50. The molecule has 0 fully saturated rings. The number of aryl methyl sites for hydroxylation is 2. The molecule has 0 spiro atoms. The Balaban J connectivity index is 2.22. The van der Waals surface area contributed by atoms with Gasteiger partial charge >= 0.3 is 0 Å². The summed E-state index contributed by atoms with van der Waals surface area (Å²) in [7, 11) is 0. The van der Waals surface area contributed by atoms with Crippen LogP contribution in [-0.4, -0.2) is 14.9 Å². The third kappa shape index (κ3) is 3.25. The van der Waals surface area contributed by atoms with Crippen LogP contribution in [0.5, 0.6) is 0 Å². The summed E-state index contributed by atoms with van der Waals surface area (Å²) in [4.78, 5) is 0. The fraction of sp³-hybridized carbons (Fsp3) is 0.400. The Morgan fingerprint density at radius 3 is 2.68 bits per heavy atom. The Labute approximate surface area is 122 Å². The summed E-state index contributed by atoms with van der Waals surface area (Å²) in [6, 6.07) is 10.00. The lowest BCUT2D eigenvalue weighted by Crippen LogP contribution is -2.10. The van der Waals surface area contributed by atoms with E-state index in [2.05, 4.69) is 28.0 Å². The number of rotatable bonds is 5. The first-order valence-corrected chi connectivity index (χ1v) is 7.43. The van der Waals surface area contributed by atoms with Crippen molar-refractivity contribution < 1.29 is 5.11 Å². The number of aliphatic hydroxyl groups is 1. The van der Waals surface area contributed by atoms with Crippen molar-refractivity contribution in [3.05, 3.63) is 51.8 Å². The zero-order chi connectivity index (χ0) is 13.8. The molecule has 0 aliphatic carbocycles. The summed E-state index contributed by atoms with van der Waals surface area (Å²) in [6.07, 6.45) is 0.962. The molecule has 1 unspecified atom stereocenters. The number of nitrogens with zero attached hydrogens (tertiary/aromatic N) is 2. The van der Waals surface area contributed by atoms with Crippen LogP contribution in [-0.2, 0) is 19.4 Å². The third-order valence-corrected chi connectivity index (χ3v) is 4.01. The van der Waals surface area contributed by atoms with Crippen LogP contribution >= 0.6 is 15.9 Å². The molecule has 1 heterocycles. The molecule has 0 aliphatic rings. The summed E-state index contributed by atoms with van der Waals surface area (Å²) >= 11 is 3.52. The molecule has 2 aromatic rings. The Morgan fingerprint density at radius 2 is 2.05 bits per heavy atom. The average molecular weight is 323 g/mol. The summed E-state index contributed by atoms with van der Waals surface area (Å²) in [5.41, 5.74) is 3.04. The Morgan fingerprint density at radius 1 is 1.32 bits per heavy atom. The van der Waals surface area contributed by atoms with E-state index in [9.17, 15) is 5.11 Å². The monoisotopic (exact) mass is 322 g/mol. The molecule has 1 aromatic heterocycles.